The van der Waals surface area contributed by atoms with Crippen LogP contribution in [0.4, 0.5) is 0 Å². The maximum Gasteiger partial charge on any atom is 0.242 e. The Hall–Kier alpha value is -0.650. The van der Waals surface area contributed by atoms with Crippen LogP contribution >= 0.6 is 0 Å². The second kappa shape index (κ2) is 7.07. The van der Waals surface area contributed by atoms with Gasteiger partial charge >= 0.3 is 0 Å². The van der Waals surface area contributed by atoms with Gasteiger partial charge in [-0.3, -0.25) is 4.79 Å². The number of nitrogens with zero attached hydrogens (tertiary/aromatic N) is 2. The summed E-state index contributed by atoms with van der Waals surface area (Å²) < 4.78 is 0. The van der Waals surface area contributed by atoms with Gasteiger partial charge < -0.3 is 20.6 Å². The van der Waals surface area contributed by atoms with Crippen molar-refractivity contribution in [2.45, 2.75) is 57.1 Å². The van der Waals surface area contributed by atoms with Crippen molar-refractivity contribution in [1.82, 2.24) is 9.80 Å². The lowest BCUT2D eigenvalue weighted by Crippen LogP contribution is -2.53. The number of hydrogen-bond acceptors (Lipinski definition) is 4. The maximum atomic E-state index is 12.5. The normalized spacial score (nSPS) is 25.0. The Morgan fingerprint density at radius 1 is 1.38 bits per heavy atom. The smallest absolute Gasteiger partial charge is 0.242 e. The Labute approximate surface area is 128 Å². The Bertz CT molecular complexity index is 345. The molecular formula is C16H31N3O2. The third kappa shape index (κ3) is 4.41. The molecule has 1 saturated carbocycles. The highest BCUT2D eigenvalue weighted by Gasteiger charge is 2.39. The zero-order valence-electron chi connectivity index (χ0n) is 13.6. The van der Waals surface area contributed by atoms with Crippen molar-refractivity contribution in [2.75, 3.05) is 33.2 Å². The molecule has 0 bridgehead atoms. The van der Waals surface area contributed by atoms with Crippen LogP contribution < -0.4 is 5.73 Å². The molecule has 5 heteroatoms. The molecule has 21 heavy (non-hydrogen) atoms. The van der Waals surface area contributed by atoms with Crippen molar-refractivity contribution in [2.24, 2.45) is 11.7 Å². The van der Waals surface area contributed by atoms with E-state index in [1.54, 1.807) is 0 Å². The van der Waals surface area contributed by atoms with Crippen molar-refractivity contribution in [1.29, 1.82) is 0 Å². The first-order valence-electron chi connectivity index (χ1n) is 8.35. The van der Waals surface area contributed by atoms with Gasteiger partial charge in [0.05, 0.1) is 11.6 Å². The molecule has 0 spiro atoms. The van der Waals surface area contributed by atoms with Crippen LogP contribution in [0, 0.1) is 5.92 Å². The molecule has 1 heterocycles. The van der Waals surface area contributed by atoms with Crippen LogP contribution in [0.2, 0.25) is 0 Å². The average molecular weight is 297 g/mol. The summed E-state index contributed by atoms with van der Waals surface area (Å²) in [6.07, 6.45) is 5.77. The fourth-order valence-electron chi connectivity index (χ4n) is 3.80. The number of carbonyl (C=O) groups is 1. The van der Waals surface area contributed by atoms with Gasteiger partial charge in [0.25, 0.3) is 0 Å². The monoisotopic (exact) mass is 297 g/mol. The molecule has 3 N–H and O–H groups in total. The summed E-state index contributed by atoms with van der Waals surface area (Å²) in [5.41, 5.74) is 5.66. The van der Waals surface area contributed by atoms with E-state index in [0.29, 0.717) is 5.92 Å². The molecule has 1 atom stereocenters. The number of hydrogen-bond donors (Lipinski definition) is 2. The zero-order chi connectivity index (χ0) is 15.5. The van der Waals surface area contributed by atoms with E-state index < -0.39 is 5.54 Å². The highest BCUT2D eigenvalue weighted by Crippen LogP contribution is 2.29. The first-order valence-corrected chi connectivity index (χ1v) is 8.35. The number of likely N-dealkylation sites (N-methyl/N-ethyl adjacent to an activating group) is 1. The predicted molar refractivity (Wildman–Crippen MR) is 83.9 cm³/mol. The fourth-order valence-corrected chi connectivity index (χ4v) is 3.80. The molecule has 2 rings (SSSR count). The molecule has 1 aliphatic carbocycles. The maximum absolute atomic E-state index is 12.5. The largest absolute Gasteiger partial charge is 0.392 e. The zero-order valence-corrected chi connectivity index (χ0v) is 13.6. The van der Waals surface area contributed by atoms with E-state index in [9.17, 15) is 9.90 Å². The Morgan fingerprint density at radius 3 is 2.48 bits per heavy atom. The number of aliphatic hydroxyl groups is 1. The second-order valence-electron chi connectivity index (χ2n) is 7.14. The van der Waals surface area contributed by atoms with Gasteiger partial charge in [-0.15, -0.1) is 0 Å². The quantitative estimate of drug-likeness (QED) is 0.788. The highest BCUT2D eigenvalue weighted by atomic mass is 16.3. The lowest BCUT2D eigenvalue weighted by molar-refractivity contribution is -0.136. The van der Waals surface area contributed by atoms with E-state index in [-0.39, 0.29) is 12.0 Å². The van der Waals surface area contributed by atoms with Crippen LogP contribution in [-0.4, -0.2) is 65.7 Å². The summed E-state index contributed by atoms with van der Waals surface area (Å²) in [6, 6.07) is 0. The molecule has 2 fully saturated rings. The first-order chi connectivity index (χ1) is 9.90. The topological polar surface area (TPSA) is 69.8 Å². The lowest BCUT2D eigenvalue weighted by atomic mass is 9.93. The number of rotatable bonds is 5. The van der Waals surface area contributed by atoms with Gasteiger partial charge in [0.15, 0.2) is 0 Å². The molecule has 2 aliphatic rings. The van der Waals surface area contributed by atoms with E-state index in [1.807, 2.05) is 18.9 Å². The summed E-state index contributed by atoms with van der Waals surface area (Å²) in [4.78, 5) is 16.7. The fraction of sp³-hybridized carbons (Fsp3) is 0.938. The molecule has 5 nitrogen and oxygen atoms in total. The van der Waals surface area contributed by atoms with Crippen LogP contribution in [0.5, 0.6) is 0 Å². The van der Waals surface area contributed by atoms with Crippen molar-refractivity contribution in [3.8, 4) is 0 Å². The molecule has 1 saturated heterocycles. The molecule has 1 amide bonds. The van der Waals surface area contributed by atoms with Gasteiger partial charge in [0, 0.05) is 20.1 Å². The van der Waals surface area contributed by atoms with E-state index in [0.717, 1.165) is 64.7 Å². The molecular weight excluding hydrogens is 266 g/mol. The van der Waals surface area contributed by atoms with Crippen molar-refractivity contribution in [3.05, 3.63) is 0 Å². The minimum absolute atomic E-state index is 0.131. The highest BCUT2D eigenvalue weighted by molar-refractivity contribution is 5.86. The van der Waals surface area contributed by atoms with Crippen LogP contribution in [0.1, 0.15) is 45.4 Å². The summed E-state index contributed by atoms with van der Waals surface area (Å²) in [5, 5.41) is 9.43. The standard InChI is InChI=1S/C16H31N3O2/c1-13(20)11-19-9-5-14(6-10-19)12-18(2)15(21)16(17)7-3-4-8-16/h13-14,20H,3-12,17H2,1-2H3. The number of carbonyl (C=O) groups excluding carboxylic acids is 1. The molecule has 0 radical (unpaired) electrons. The summed E-state index contributed by atoms with van der Waals surface area (Å²) in [5.74, 6) is 0.695. The molecule has 1 unspecified atom stereocenters. The van der Waals surface area contributed by atoms with Crippen LogP contribution in [0.15, 0.2) is 0 Å². The lowest BCUT2D eigenvalue weighted by Gasteiger charge is -2.36. The molecule has 0 aromatic heterocycles. The summed E-state index contributed by atoms with van der Waals surface area (Å²) >= 11 is 0. The van der Waals surface area contributed by atoms with E-state index in [1.165, 1.54) is 0 Å². The number of piperidine rings is 1. The van der Waals surface area contributed by atoms with E-state index in [2.05, 4.69) is 4.90 Å². The third-order valence-electron chi connectivity index (χ3n) is 5.03. The van der Waals surface area contributed by atoms with Crippen molar-refractivity contribution < 1.29 is 9.90 Å². The number of aliphatic hydroxyl groups excluding tert-OH is 1. The second-order valence-corrected chi connectivity index (χ2v) is 7.14. The van der Waals surface area contributed by atoms with Crippen molar-refractivity contribution >= 4 is 5.91 Å². The molecule has 122 valence electrons. The Morgan fingerprint density at radius 2 is 1.95 bits per heavy atom. The molecule has 1 aliphatic heterocycles. The van der Waals surface area contributed by atoms with Crippen LogP contribution in [0.25, 0.3) is 0 Å². The Kier molecular flexibility index (Phi) is 5.63. The van der Waals surface area contributed by atoms with Gasteiger partial charge in [-0.05, 0) is 51.6 Å². The Balaban J connectivity index is 1.76. The van der Waals surface area contributed by atoms with Crippen LogP contribution in [-0.2, 0) is 4.79 Å². The van der Waals surface area contributed by atoms with Gasteiger partial charge in [-0.25, -0.2) is 0 Å². The SMILES string of the molecule is CC(O)CN1CCC(CN(C)C(=O)C2(N)CCCC2)CC1. The minimum atomic E-state index is -0.595. The number of likely N-dealkylation sites (tertiary alicyclic amines) is 1. The van der Waals surface area contributed by atoms with Gasteiger partial charge in [-0.2, -0.15) is 0 Å². The number of amides is 1. The minimum Gasteiger partial charge on any atom is -0.392 e. The number of nitrogens with two attached hydrogens (primary N) is 1. The average Bonchev–Trinajstić information content (AvgIpc) is 2.87. The first kappa shape index (κ1) is 16.7. The van der Waals surface area contributed by atoms with Crippen LogP contribution in [0.3, 0.4) is 0 Å². The molecule has 0 aromatic rings. The van der Waals surface area contributed by atoms with Gasteiger partial charge in [0.1, 0.15) is 0 Å². The van der Waals surface area contributed by atoms with Gasteiger partial charge in [-0.1, -0.05) is 12.8 Å². The summed E-state index contributed by atoms with van der Waals surface area (Å²) in [6.45, 7) is 5.45. The summed E-state index contributed by atoms with van der Waals surface area (Å²) in [7, 11) is 1.90. The molecule has 0 aromatic carbocycles. The van der Waals surface area contributed by atoms with Gasteiger partial charge in [0.2, 0.25) is 5.91 Å². The third-order valence-corrected chi connectivity index (χ3v) is 5.03. The number of β-amino-alcohol motifs (C(OH)–C–C–N with tert-alkyl or cyclic N) is 1. The predicted octanol–water partition coefficient (Wildman–Crippen LogP) is 0.809. The van der Waals surface area contributed by atoms with Crippen molar-refractivity contribution in [3.63, 3.8) is 0 Å². The van der Waals surface area contributed by atoms with E-state index in [4.69, 9.17) is 5.73 Å². The van der Waals surface area contributed by atoms with E-state index >= 15 is 0 Å².